The molecule has 0 heterocycles. The molecule has 0 aliphatic carbocycles. The summed E-state index contributed by atoms with van der Waals surface area (Å²) in [6, 6.07) is 21.6. The van der Waals surface area contributed by atoms with E-state index < -0.39 is 10.0 Å². The number of carbonyl (C=O) groups is 1. The molecule has 0 saturated heterocycles. The van der Waals surface area contributed by atoms with Crippen LogP contribution in [0.3, 0.4) is 0 Å². The average molecular weight is 396 g/mol. The van der Waals surface area contributed by atoms with Crippen molar-refractivity contribution in [2.75, 3.05) is 23.8 Å². The molecule has 28 heavy (non-hydrogen) atoms. The fourth-order valence-electron chi connectivity index (χ4n) is 2.59. The summed E-state index contributed by atoms with van der Waals surface area (Å²) in [7, 11) is -0.605. The third-order valence-corrected chi connectivity index (χ3v) is 6.04. The van der Waals surface area contributed by atoms with Crippen LogP contribution in [0.25, 0.3) is 0 Å². The van der Waals surface area contributed by atoms with Crippen LogP contribution in [0.15, 0.2) is 83.8 Å². The number of amides is 1. The van der Waals surface area contributed by atoms with Crippen LogP contribution in [0.5, 0.6) is 5.75 Å². The number of nitrogens with one attached hydrogen (secondary N) is 1. The third-order valence-electron chi connectivity index (χ3n) is 4.24. The highest BCUT2D eigenvalue weighted by Crippen LogP contribution is 2.23. The number of ether oxygens (including phenoxy) is 1. The summed E-state index contributed by atoms with van der Waals surface area (Å²) in [6.07, 6.45) is 0. The summed E-state index contributed by atoms with van der Waals surface area (Å²) >= 11 is 0. The quantitative estimate of drug-likeness (QED) is 0.688. The lowest BCUT2D eigenvalue weighted by Crippen LogP contribution is -2.26. The van der Waals surface area contributed by atoms with Gasteiger partial charge in [-0.2, -0.15) is 0 Å². The van der Waals surface area contributed by atoms with Gasteiger partial charge in [0.05, 0.1) is 17.7 Å². The van der Waals surface area contributed by atoms with Gasteiger partial charge >= 0.3 is 0 Å². The Morgan fingerprint density at radius 1 is 0.893 bits per heavy atom. The molecule has 0 fully saturated rings. The minimum absolute atomic E-state index is 0.207. The number of methoxy groups -OCH3 is 1. The molecule has 3 rings (SSSR count). The average Bonchev–Trinajstić information content (AvgIpc) is 2.74. The predicted octanol–water partition coefficient (Wildman–Crippen LogP) is 3.77. The van der Waals surface area contributed by atoms with E-state index in [4.69, 9.17) is 4.74 Å². The van der Waals surface area contributed by atoms with Gasteiger partial charge in [-0.3, -0.25) is 9.10 Å². The monoisotopic (exact) mass is 396 g/mol. The molecular formula is C21H20N2O4S. The summed E-state index contributed by atoms with van der Waals surface area (Å²) in [5.74, 6) is 0.412. The SMILES string of the molecule is COc1ccc(NC(=O)c2ccc(N(C)S(=O)(=O)c3ccccc3)cc2)cc1. The summed E-state index contributed by atoms with van der Waals surface area (Å²) in [6.45, 7) is 0. The van der Waals surface area contributed by atoms with Gasteiger partial charge in [0, 0.05) is 18.3 Å². The normalized spacial score (nSPS) is 10.9. The largest absolute Gasteiger partial charge is 0.497 e. The highest BCUT2D eigenvalue weighted by molar-refractivity contribution is 7.92. The standard InChI is InChI=1S/C21H20N2O4S/c1-23(28(25,26)20-6-4-3-5-7-20)18-12-8-16(9-13-18)21(24)22-17-10-14-19(27-2)15-11-17/h3-15H,1-2H3,(H,22,24). The van der Waals surface area contributed by atoms with E-state index in [9.17, 15) is 13.2 Å². The van der Waals surface area contributed by atoms with Crippen LogP contribution in [0, 0.1) is 0 Å². The fourth-order valence-corrected chi connectivity index (χ4v) is 3.81. The molecule has 0 aliphatic heterocycles. The molecule has 144 valence electrons. The highest BCUT2D eigenvalue weighted by atomic mass is 32.2. The number of rotatable bonds is 6. The van der Waals surface area contributed by atoms with Crippen molar-refractivity contribution in [1.82, 2.24) is 0 Å². The van der Waals surface area contributed by atoms with Crippen molar-refractivity contribution in [1.29, 1.82) is 0 Å². The molecule has 1 N–H and O–H groups in total. The highest BCUT2D eigenvalue weighted by Gasteiger charge is 2.21. The second-order valence-electron chi connectivity index (χ2n) is 6.02. The van der Waals surface area contributed by atoms with E-state index in [1.165, 1.54) is 11.4 Å². The van der Waals surface area contributed by atoms with Gasteiger partial charge in [0.1, 0.15) is 5.75 Å². The molecule has 0 atom stereocenters. The first-order valence-corrected chi connectivity index (χ1v) is 9.95. The van der Waals surface area contributed by atoms with Crippen LogP contribution >= 0.6 is 0 Å². The molecular weight excluding hydrogens is 376 g/mol. The van der Waals surface area contributed by atoms with Gasteiger partial charge < -0.3 is 10.1 Å². The number of benzene rings is 3. The van der Waals surface area contributed by atoms with E-state index in [-0.39, 0.29) is 10.8 Å². The zero-order valence-electron chi connectivity index (χ0n) is 15.5. The van der Waals surface area contributed by atoms with E-state index in [0.717, 1.165) is 0 Å². The van der Waals surface area contributed by atoms with Crippen LogP contribution < -0.4 is 14.4 Å². The number of carbonyl (C=O) groups excluding carboxylic acids is 1. The van der Waals surface area contributed by atoms with Crippen LogP contribution in [-0.4, -0.2) is 28.5 Å². The van der Waals surface area contributed by atoms with Crippen molar-refractivity contribution in [2.45, 2.75) is 4.90 Å². The lowest BCUT2D eigenvalue weighted by Gasteiger charge is -2.19. The molecule has 1 amide bonds. The van der Waals surface area contributed by atoms with Gasteiger partial charge in [-0.05, 0) is 60.7 Å². The second-order valence-corrected chi connectivity index (χ2v) is 7.98. The fraction of sp³-hybridized carbons (Fsp3) is 0.0952. The molecule has 3 aromatic rings. The second kappa shape index (κ2) is 8.14. The molecule has 0 aliphatic rings. The zero-order valence-corrected chi connectivity index (χ0v) is 16.3. The smallest absolute Gasteiger partial charge is 0.264 e. The number of nitrogens with zero attached hydrogens (tertiary/aromatic N) is 1. The van der Waals surface area contributed by atoms with Gasteiger partial charge in [0.25, 0.3) is 15.9 Å². The van der Waals surface area contributed by atoms with Gasteiger partial charge in [-0.25, -0.2) is 8.42 Å². The van der Waals surface area contributed by atoms with Gasteiger partial charge in [0.15, 0.2) is 0 Å². The molecule has 0 radical (unpaired) electrons. The Bertz CT molecular complexity index is 1050. The van der Waals surface area contributed by atoms with Crippen molar-refractivity contribution in [3.05, 3.63) is 84.4 Å². The molecule has 0 saturated carbocycles. The number of hydrogen-bond acceptors (Lipinski definition) is 4. The number of anilines is 2. The van der Waals surface area contributed by atoms with E-state index >= 15 is 0 Å². The molecule has 0 spiro atoms. The van der Waals surface area contributed by atoms with Crippen LogP contribution in [0.1, 0.15) is 10.4 Å². The summed E-state index contributed by atoms with van der Waals surface area (Å²) in [5, 5.41) is 2.79. The Kier molecular flexibility index (Phi) is 5.65. The van der Waals surface area contributed by atoms with Crippen molar-refractivity contribution in [3.63, 3.8) is 0 Å². The predicted molar refractivity (Wildman–Crippen MR) is 109 cm³/mol. The minimum Gasteiger partial charge on any atom is -0.497 e. The molecule has 7 heteroatoms. The van der Waals surface area contributed by atoms with Crippen LogP contribution in [0.4, 0.5) is 11.4 Å². The maximum atomic E-state index is 12.7. The molecule has 0 bridgehead atoms. The summed E-state index contributed by atoms with van der Waals surface area (Å²) < 4.78 is 31.6. The van der Waals surface area contributed by atoms with Crippen molar-refractivity contribution >= 4 is 27.3 Å². The van der Waals surface area contributed by atoms with Crippen molar-refractivity contribution in [3.8, 4) is 5.75 Å². The van der Waals surface area contributed by atoms with Crippen LogP contribution in [-0.2, 0) is 10.0 Å². The molecule has 0 aromatic heterocycles. The van der Waals surface area contributed by atoms with E-state index in [0.29, 0.717) is 22.7 Å². The van der Waals surface area contributed by atoms with E-state index in [2.05, 4.69) is 5.32 Å². The van der Waals surface area contributed by atoms with E-state index in [1.54, 1.807) is 86.0 Å². The van der Waals surface area contributed by atoms with Gasteiger partial charge in [0.2, 0.25) is 0 Å². The lowest BCUT2D eigenvalue weighted by molar-refractivity contribution is 0.102. The first-order chi connectivity index (χ1) is 13.4. The van der Waals surface area contributed by atoms with Gasteiger partial charge in [-0.15, -0.1) is 0 Å². The topological polar surface area (TPSA) is 75.7 Å². The first kappa shape index (κ1) is 19.4. The number of hydrogen-bond donors (Lipinski definition) is 1. The Labute approximate surface area is 164 Å². The van der Waals surface area contributed by atoms with Crippen molar-refractivity contribution in [2.24, 2.45) is 0 Å². The minimum atomic E-state index is -3.66. The molecule has 0 unspecified atom stereocenters. The zero-order chi connectivity index (χ0) is 20.1. The lowest BCUT2D eigenvalue weighted by atomic mass is 10.2. The molecule has 6 nitrogen and oxygen atoms in total. The number of sulfonamides is 1. The van der Waals surface area contributed by atoms with Crippen LogP contribution in [0.2, 0.25) is 0 Å². The summed E-state index contributed by atoms with van der Waals surface area (Å²) in [5.41, 5.74) is 1.52. The Hall–Kier alpha value is -3.32. The van der Waals surface area contributed by atoms with E-state index in [1.807, 2.05) is 0 Å². The first-order valence-electron chi connectivity index (χ1n) is 8.51. The van der Waals surface area contributed by atoms with Crippen molar-refractivity contribution < 1.29 is 17.9 Å². The Morgan fingerprint density at radius 2 is 1.50 bits per heavy atom. The Balaban J connectivity index is 1.74. The molecule has 3 aromatic carbocycles. The summed E-state index contributed by atoms with van der Waals surface area (Å²) in [4.78, 5) is 12.6. The maximum absolute atomic E-state index is 12.7. The third kappa shape index (κ3) is 4.15. The van der Waals surface area contributed by atoms with Gasteiger partial charge in [-0.1, -0.05) is 18.2 Å². The Morgan fingerprint density at radius 3 is 2.07 bits per heavy atom. The maximum Gasteiger partial charge on any atom is 0.264 e.